The van der Waals surface area contributed by atoms with Crippen molar-refractivity contribution in [3.8, 4) is 0 Å². The van der Waals surface area contributed by atoms with Gasteiger partial charge in [0, 0.05) is 0 Å². The quantitative estimate of drug-likeness (QED) is 0.502. The van der Waals surface area contributed by atoms with Gasteiger partial charge in [0.25, 0.3) is 0 Å². The van der Waals surface area contributed by atoms with Crippen LogP contribution in [0.5, 0.6) is 0 Å². The average molecular weight is 600 g/mol. The fourth-order valence-electron chi connectivity index (χ4n) is 2.42. The molecule has 2 atom stereocenters. The Bertz CT molecular complexity index is 616. The van der Waals surface area contributed by atoms with Crippen LogP contribution in [0.3, 0.4) is 0 Å². The summed E-state index contributed by atoms with van der Waals surface area (Å²) < 4.78 is 11.4. The molecular formula is C17H23Cl3IrN3O2. The molecular weight excluding hydrogens is 577 g/mol. The normalized spacial score (nSPS) is 22.3. The number of nitrogens with zero attached hydrogens (tertiary/aromatic N) is 3. The monoisotopic (exact) mass is 599 g/mol. The Hall–Kier alpha value is -0.391. The second-order valence-corrected chi connectivity index (χ2v) is 17.0. The van der Waals surface area contributed by atoms with Gasteiger partial charge in [-0.2, -0.15) is 0 Å². The van der Waals surface area contributed by atoms with Gasteiger partial charge >= 0.3 is 42.2 Å². The van der Waals surface area contributed by atoms with Gasteiger partial charge in [-0.15, -0.1) is 0 Å². The zero-order valence-corrected chi connectivity index (χ0v) is 19.7. The van der Waals surface area contributed by atoms with Gasteiger partial charge < -0.3 is 9.47 Å². The third kappa shape index (κ3) is 6.35. The van der Waals surface area contributed by atoms with Crippen molar-refractivity contribution >= 4 is 40.5 Å². The Morgan fingerprint density at radius 2 is 1.27 bits per heavy atom. The van der Waals surface area contributed by atoms with Crippen LogP contribution in [0.4, 0.5) is 0 Å². The number of pyridine rings is 1. The summed E-state index contributed by atoms with van der Waals surface area (Å²) in [5.74, 6) is 2.18. The number of ether oxygens (including phenoxy) is 2. The topological polar surface area (TPSA) is 56.1 Å². The van der Waals surface area contributed by atoms with Crippen LogP contribution in [-0.2, 0) is 22.9 Å². The molecule has 3 rings (SSSR count). The van der Waals surface area contributed by atoms with E-state index in [9.17, 15) is 0 Å². The van der Waals surface area contributed by atoms with Crippen LogP contribution in [0, 0.1) is 11.8 Å². The second-order valence-electron chi connectivity index (χ2n) is 6.66. The van der Waals surface area contributed by atoms with E-state index in [0.29, 0.717) is 36.8 Å². The van der Waals surface area contributed by atoms with E-state index in [2.05, 4.69) is 42.7 Å². The van der Waals surface area contributed by atoms with Crippen LogP contribution in [0.1, 0.15) is 39.1 Å². The van der Waals surface area contributed by atoms with E-state index in [1.807, 2.05) is 18.2 Å². The number of rotatable bonds is 4. The Kier molecular flexibility index (Phi) is 8.62. The maximum atomic E-state index is 5.70. The summed E-state index contributed by atoms with van der Waals surface area (Å²) in [6, 6.07) is 6.21. The number of halogens is 3. The molecule has 3 heterocycles. The van der Waals surface area contributed by atoms with Crippen molar-refractivity contribution in [1.82, 2.24) is 4.98 Å². The van der Waals surface area contributed by atoms with Crippen LogP contribution in [0.2, 0.25) is 0 Å². The summed E-state index contributed by atoms with van der Waals surface area (Å²) in [6.07, 6.45) is 0. The van der Waals surface area contributed by atoms with Gasteiger partial charge in [-0.05, 0) is 24.0 Å². The third-order valence-corrected chi connectivity index (χ3v) is 4.07. The minimum absolute atomic E-state index is 0.214. The standard InChI is InChI=1S/C17H23N3O2.3ClH.Ir/c1-10(2)14-8-21-16(19-14)12-6-5-7-13(18-12)17-20-15(9-22-17)11(3)4;;;;/h5-7,10-11,14-15H,8-9H2,1-4H3;3*1H;/q;;;;+3/p-3/t14-,15-;;;;/m1..../s1. The Balaban J connectivity index is 0.000000552. The molecule has 26 heavy (non-hydrogen) atoms. The summed E-state index contributed by atoms with van der Waals surface area (Å²) in [7, 11) is 14.9. The molecule has 0 unspecified atom stereocenters. The van der Waals surface area contributed by atoms with E-state index in [1.165, 1.54) is 0 Å². The summed E-state index contributed by atoms with van der Waals surface area (Å²) in [4.78, 5) is 13.9. The Morgan fingerprint density at radius 1 is 0.885 bits per heavy atom. The van der Waals surface area contributed by atoms with E-state index in [-0.39, 0.29) is 12.1 Å². The molecule has 0 saturated carbocycles. The molecule has 0 spiro atoms. The average Bonchev–Trinajstić information content (AvgIpc) is 3.24. The molecule has 0 aromatic carbocycles. The zero-order valence-electron chi connectivity index (χ0n) is 15.1. The molecule has 0 fully saturated rings. The van der Waals surface area contributed by atoms with Gasteiger partial charge in [0.05, 0.1) is 12.1 Å². The second kappa shape index (κ2) is 10.2. The van der Waals surface area contributed by atoms with Gasteiger partial charge in [-0.1, -0.05) is 33.8 Å². The molecule has 0 saturated heterocycles. The number of hydrogen-bond donors (Lipinski definition) is 0. The molecule has 2 aliphatic rings. The van der Waals surface area contributed by atoms with Crippen molar-refractivity contribution in [1.29, 1.82) is 0 Å². The predicted molar refractivity (Wildman–Crippen MR) is 104 cm³/mol. The molecule has 9 heteroatoms. The van der Waals surface area contributed by atoms with E-state index < -0.39 is 13.5 Å². The van der Waals surface area contributed by atoms with E-state index >= 15 is 0 Å². The SMILES string of the molecule is CC(C)[C@H]1COC(c2cccc(C3=N[C@@H](C(C)C)CO3)n2)=N1.[Cl][Ir]([Cl])[Cl]. The number of hydrogen-bond acceptors (Lipinski definition) is 5. The van der Waals surface area contributed by atoms with Crippen LogP contribution in [0.25, 0.3) is 0 Å². The molecule has 0 radical (unpaired) electrons. The summed E-state index contributed by atoms with van der Waals surface area (Å²) in [5, 5.41) is 0. The maximum absolute atomic E-state index is 5.70. The first-order chi connectivity index (χ1) is 12.3. The van der Waals surface area contributed by atoms with Gasteiger partial charge in [-0.3, -0.25) is 0 Å². The van der Waals surface area contributed by atoms with Crippen LogP contribution in [0.15, 0.2) is 28.2 Å². The van der Waals surface area contributed by atoms with Gasteiger partial charge in [0.15, 0.2) is 0 Å². The Morgan fingerprint density at radius 3 is 1.58 bits per heavy atom. The van der Waals surface area contributed by atoms with Gasteiger partial charge in [-0.25, -0.2) is 15.0 Å². The van der Waals surface area contributed by atoms with Crippen molar-refractivity contribution in [2.24, 2.45) is 21.8 Å². The summed E-state index contributed by atoms with van der Waals surface area (Å²) >= 11 is -1.92. The molecule has 5 nitrogen and oxygen atoms in total. The Labute approximate surface area is 172 Å². The number of aromatic nitrogens is 1. The predicted octanol–water partition coefficient (Wildman–Crippen LogP) is 4.75. The summed E-state index contributed by atoms with van der Waals surface area (Å²) in [5.41, 5.74) is 1.50. The number of aliphatic imine (C=N–C) groups is 2. The summed E-state index contributed by atoms with van der Waals surface area (Å²) in [6.45, 7) is 9.86. The zero-order chi connectivity index (χ0) is 19.3. The first-order valence-corrected chi connectivity index (χ1v) is 17.2. The van der Waals surface area contributed by atoms with Crippen LogP contribution >= 0.6 is 28.8 Å². The van der Waals surface area contributed by atoms with Crippen molar-refractivity contribution in [3.05, 3.63) is 29.6 Å². The fourth-order valence-corrected chi connectivity index (χ4v) is 2.42. The van der Waals surface area contributed by atoms with Crippen LogP contribution in [-0.4, -0.2) is 42.1 Å². The molecule has 148 valence electrons. The molecule has 2 aliphatic heterocycles. The van der Waals surface area contributed by atoms with E-state index in [0.717, 1.165) is 11.4 Å². The molecule has 0 bridgehead atoms. The van der Waals surface area contributed by atoms with Crippen molar-refractivity contribution in [3.63, 3.8) is 0 Å². The third-order valence-electron chi connectivity index (χ3n) is 4.07. The van der Waals surface area contributed by atoms with E-state index in [4.69, 9.17) is 38.2 Å². The minimum atomic E-state index is -1.92. The fraction of sp³-hybridized carbons (Fsp3) is 0.588. The van der Waals surface area contributed by atoms with Crippen LogP contribution < -0.4 is 0 Å². The van der Waals surface area contributed by atoms with Crippen molar-refractivity contribution in [2.75, 3.05) is 13.2 Å². The molecule has 0 N–H and O–H groups in total. The molecule has 1 aromatic heterocycles. The van der Waals surface area contributed by atoms with Crippen molar-refractivity contribution < 1.29 is 22.9 Å². The van der Waals surface area contributed by atoms with Gasteiger partial charge in [0.1, 0.15) is 24.6 Å². The first-order valence-electron chi connectivity index (χ1n) is 8.31. The molecule has 1 aromatic rings. The molecule has 0 amide bonds. The van der Waals surface area contributed by atoms with E-state index in [1.54, 1.807) is 0 Å². The van der Waals surface area contributed by atoms with Gasteiger partial charge in [0.2, 0.25) is 11.8 Å². The first kappa shape index (κ1) is 21.9. The molecule has 0 aliphatic carbocycles. The van der Waals surface area contributed by atoms with Crippen molar-refractivity contribution in [2.45, 2.75) is 39.8 Å².